The van der Waals surface area contributed by atoms with Crippen molar-refractivity contribution in [1.29, 1.82) is 0 Å². The topological polar surface area (TPSA) is 29.3 Å². The van der Waals surface area contributed by atoms with Gasteiger partial charge in [-0.2, -0.15) is 0 Å². The summed E-state index contributed by atoms with van der Waals surface area (Å²) in [5.74, 6) is 0. The molecule has 2 rings (SSSR count). The molecule has 2 nitrogen and oxygen atoms in total. The first-order chi connectivity index (χ1) is 6.36. The Morgan fingerprint density at radius 3 is 2.31 bits per heavy atom. The molecule has 1 aliphatic rings. The van der Waals surface area contributed by atoms with E-state index >= 15 is 0 Å². The van der Waals surface area contributed by atoms with E-state index in [0.717, 1.165) is 20.6 Å². The van der Waals surface area contributed by atoms with Gasteiger partial charge in [-0.1, -0.05) is 0 Å². The predicted octanol–water partition coefficient (Wildman–Crippen LogP) is 1.63. The van der Waals surface area contributed by atoms with Crippen molar-refractivity contribution in [3.8, 4) is 0 Å². The summed E-state index contributed by atoms with van der Waals surface area (Å²) in [7, 11) is 0. The maximum absolute atomic E-state index is 5.64. The average Bonchev–Trinajstić information content (AvgIpc) is 2.20. The van der Waals surface area contributed by atoms with Crippen LogP contribution in [0, 0.1) is 0 Å². The quantitative estimate of drug-likeness (QED) is 0.598. The van der Waals surface area contributed by atoms with Gasteiger partial charge in [-0.3, -0.25) is 0 Å². The van der Waals surface area contributed by atoms with Crippen molar-refractivity contribution in [3.05, 3.63) is 24.3 Å². The fraction of sp³-hybridized carbons (Fsp3) is 0.400. The Balaban J connectivity index is 2.10. The van der Waals surface area contributed by atoms with Crippen LogP contribution < -0.4 is 10.6 Å². The molecule has 1 aromatic carbocycles. The molecular formula is C10H14N2Se. The minimum absolute atomic E-state index is 0.852. The molecule has 0 spiro atoms. The average molecular weight is 241 g/mol. The zero-order valence-electron chi connectivity index (χ0n) is 7.57. The van der Waals surface area contributed by atoms with E-state index in [2.05, 4.69) is 17.0 Å². The molecule has 0 atom stereocenters. The van der Waals surface area contributed by atoms with Crippen LogP contribution in [-0.4, -0.2) is 28.0 Å². The molecule has 1 fully saturated rings. The van der Waals surface area contributed by atoms with Crippen molar-refractivity contribution in [1.82, 2.24) is 0 Å². The number of anilines is 2. The third kappa shape index (κ3) is 2.17. The van der Waals surface area contributed by atoms with Gasteiger partial charge in [0.25, 0.3) is 0 Å². The molecular weight excluding hydrogens is 227 g/mol. The predicted molar refractivity (Wildman–Crippen MR) is 58.4 cm³/mol. The summed E-state index contributed by atoms with van der Waals surface area (Å²) in [6.07, 6.45) is 0. The van der Waals surface area contributed by atoms with Crippen LogP contribution in [0.5, 0.6) is 0 Å². The monoisotopic (exact) mass is 242 g/mol. The number of nitrogen functional groups attached to an aromatic ring is 1. The van der Waals surface area contributed by atoms with Gasteiger partial charge in [-0.25, -0.2) is 0 Å². The summed E-state index contributed by atoms with van der Waals surface area (Å²) in [4.78, 5) is 2.45. The minimum atomic E-state index is 0.852. The molecule has 0 saturated carbocycles. The van der Waals surface area contributed by atoms with E-state index in [1.807, 2.05) is 12.1 Å². The van der Waals surface area contributed by atoms with Crippen LogP contribution in [0.25, 0.3) is 0 Å². The van der Waals surface area contributed by atoms with Gasteiger partial charge < -0.3 is 0 Å². The van der Waals surface area contributed by atoms with Crippen LogP contribution in [0.3, 0.4) is 0 Å². The fourth-order valence-corrected chi connectivity index (χ4v) is 3.40. The van der Waals surface area contributed by atoms with Gasteiger partial charge in [0.1, 0.15) is 0 Å². The number of benzene rings is 1. The SMILES string of the molecule is Nc1ccc(N2CC[Se]CC2)cc1. The summed E-state index contributed by atoms with van der Waals surface area (Å²) in [6.45, 7) is 2.45. The fourth-order valence-electron chi connectivity index (χ4n) is 1.51. The Morgan fingerprint density at radius 1 is 1.08 bits per heavy atom. The Hall–Kier alpha value is -0.661. The molecule has 70 valence electrons. The van der Waals surface area contributed by atoms with Gasteiger partial charge in [0.2, 0.25) is 0 Å². The number of nitrogens with zero attached hydrogens (tertiary/aromatic N) is 1. The summed E-state index contributed by atoms with van der Waals surface area (Å²) < 4.78 is 0. The Kier molecular flexibility index (Phi) is 2.77. The van der Waals surface area contributed by atoms with Crippen LogP contribution >= 0.6 is 0 Å². The first-order valence-electron chi connectivity index (χ1n) is 4.54. The Morgan fingerprint density at radius 2 is 1.69 bits per heavy atom. The van der Waals surface area contributed by atoms with E-state index in [4.69, 9.17) is 5.73 Å². The van der Waals surface area contributed by atoms with Crippen LogP contribution in [0.4, 0.5) is 11.4 Å². The molecule has 0 radical (unpaired) electrons. The van der Waals surface area contributed by atoms with E-state index in [0.29, 0.717) is 0 Å². The number of hydrogen-bond donors (Lipinski definition) is 1. The molecule has 0 amide bonds. The molecule has 0 aromatic heterocycles. The van der Waals surface area contributed by atoms with Gasteiger partial charge in [-0.15, -0.1) is 0 Å². The maximum atomic E-state index is 5.64. The van der Waals surface area contributed by atoms with E-state index < -0.39 is 0 Å². The van der Waals surface area contributed by atoms with Gasteiger partial charge in [-0.05, 0) is 0 Å². The zero-order valence-corrected chi connectivity index (χ0v) is 9.28. The van der Waals surface area contributed by atoms with Gasteiger partial charge in [0, 0.05) is 0 Å². The molecule has 13 heavy (non-hydrogen) atoms. The Labute approximate surface area is 85.3 Å². The summed E-state index contributed by atoms with van der Waals surface area (Å²) in [5, 5.41) is 2.77. The second-order valence-corrected chi connectivity index (χ2v) is 5.76. The second-order valence-electron chi connectivity index (χ2n) is 3.19. The van der Waals surface area contributed by atoms with Gasteiger partial charge >= 0.3 is 85.0 Å². The van der Waals surface area contributed by atoms with E-state index in [1.165, 1.54) is 29.4 Å². The van der Waals surface area contributed by atoms with Crippen molar-refractivity contribution in [3.63, 3.8) is 0 Å². The molecule has 1 aromatic rings. The van der Waals surface area contributed by atoms with Crippen LogP contribution in [0.1, 0.15) is 0 Å². The Bertz CT molecular complexity index is 265. The van der Waals surface area contributed by atoms with E-state index in [9.17, 15) is 0 Å². The molecule has 3 heteroatoms. The third-order valence-corrected chi connectivity index (χ3v) is 4.25. The normalized spacial score (nSPS) is 17.4. The molecule has 2 N–H and O–H groups in total. The molecule has 1 heterocycles. The van der Waals surface area contributed by atoms with Crippen LogP contribution in [0.2, 0.25) is 10.6 Å². The molecule has 0 unspecified atom stereocenters. The summed E-state index contributed by atoms with van der Waals surface area (Å²) in [6, 6.07) is 8.20. The molecule has 0 aliphatic carbocycles. The number of nitrogens with two attached hydrogens (primary N) is 1. The van der Waals surface area contributed by atoms with Gasteiger partial charge in [0.05, 0.1) is 0 Å². The van der Waals surface area contributed by atoms with E-state index in [-0.39, 0.29) is 0 Å². The second kappa shape index (κ2) is 4.03. The number of rotatable bonds is 1. The van der Waals surface area contributed by atoms with Crippen LogP contribution in [0.15, 0.2) is 24.3 Å². The van der Waals surface area contributed by atoms with Crippen molar-refractivity contribution in [2.75, 3.05) is 23.7 Å². The van der Waals surface area contributed by atoms with Crippen LogP contribution in [-0.2, 0) is 0 Å². The van der Waals surface area contributed by atoms with Crippen molar-refractivity contribution >= 4 is 26.3 Å². The van der Waals surface area contributed by atoms with Crippen molar-refractivity contribution in [2.24, 2.45) is 0 Å². The van der Waals surface area contributed by atoms with Crippen molar-refractivity contribution in [2.45, 2.75) is 10.6 Å². The first kappa shape index (κ1) is 8.92. The summed E-state index contributed by atoms with van der Waals surface area (Å²) >= 11 is 0.893. The molecule has 1 saturated heterocycles. The van der Waals surface area contributed by atoms with Gasteiger partial charge in [0.15, 0.2) is 0 Å². The zero-order chi connectivity index (χ0) is 9.10. The third-order valence-electron chi connectivity index (χ3n) is 2.27. The molecule has 0 bridgehead atoms. The summed E-state index contributed by atoms with van der Waals surface area (Å²) in [5.41, 5.74) is 7.82. The van der Waals surface area contributed by atoms with E-state index in [1.54, 1.807) is 0 Å². The standard InChI is InChI=1S/C10H14N2Se/c11-9-1-3-10(4-2-9)12-5-7-13-8-6-12/h1-4H,5-8,11H2. The first-order valence-corrected chi connectivity index (χ1v) is 6.97. The number of hydrogen-bond acceptors (Lipinski definition) is 2. The molecule has 1 aliphatic heterocycles. The van der Waals surface area contributed by atoms with Crippen molar-refractivity contribution < 1.29 is 0 Å².